The highest BCUT2D eigenvalue weighted by atomic mass is 32.1. The topological polar surface area (TPSA) is 62.2 Å². The van der Waals surface area contributed by atoms with Crippen LogP contribution in [0.4, 0.5) is 0 Å². The smallest absolute Gasteiger partial charge is 0.244 e. The maximum absolute atomic E-state index is 11.7. The van der Waals surface area contributed by atoms with Gasteiger partial charge in [-0.15, -0.1) is 22.7 Å². The van der Waals surface area contributed by atoms with Crippen molar-refractivity contribution in [3.05, 3.63) is 44.5 Å². The number of thiazole rings is 1. The lowest BCUT2D eigenvalue weighted by atomic mass is 10.1. The molecular formula is C14H16N2O2S2. The summed E-state index contributed by atoms with van der Waals surface area (Å²) in [5, 5.41) is 17.7. The van der Waals surface area contributed by atoms with Crippen LogP contribution in [0.25, 0.3) is 6.08 Å². The fourth-order valence-corrected chi connectivity index (χ4v) is 2.98. The minimum atomic E-state index is -1.05. The van der Waals surface area contributed by atoms with Gasteiger partial charge in [-0.3, -0.25) is 4.79 Å². The van der Waals surface area contributed by atoms with Crippen LogP contribution >= 0.6 is 22.7 Å². The number of nitrogens with one attached hydrogen (secondary N) is 1. The Labute approximate surface area is 125 Å². The first kappa shape index (κ1) is 14.9. The molecule has 4 nitrogen and oxygen atoms in total. The van der Waals surface area contributed by atoms with Crippen LogP contribution in [0, 0.1) is 6.92 Å². The van der Waals surface area contributed by atoms with Gasteiger partial charge in [-0.05, 0) is 31.4 Å². The monoisotopic (exact) mass is 308 g/mol. The molecule has 0 radical (unpaired) electrons. The van der Waals surface area contributed by atoms with Gasteiger partial charge in [-0.1, -0.05) is 6.07 Å². The summed E-state index contributed by atoms with van der Waals surface area (Å²) in [5.41, 5.74) is -0.276. The van der Waals surface area contributed by atoms with E-state index in [4.69, 9.17) is 0 Å². The molecular weight excluding hydrogens is 292 g/mol. The summed E-state index contributed by atoms with van der Waals surface area (Å²) < 4.78 is 0. The van der Waals surface area contributed by atoms with E-state index in [0.717, 1.165) is 15.6 Å². The third-order valence-electron chi connectivity index (χ3n) is 2.70. The second-order valence-electron chi connectivity index (χ2n) is 4.59. The van der Waals surface area contributed by atoms with Crippen LogP contribution in [0.1, 0.15) is 22.5 Å². The average molecular weight is 308 g/mol. The first-order valence-corrected chi connectivity index (χ1v) is 7.88. The van der Waals surface area contributed by atoms with Crippen LogP contribution in [0.15, 0.2) is 29.0 Å². The molecule has 1 amide bonds. The zero-order valence-electron chi connectivity index (χ0n) is 11.3. The number of thiophene rings is 1. The Morgan fingerprint density at radius 3 is 2.95 bits per heavy atom. The molecule has 1 atom stereocenters. The molecule has 20 heavy (non-hydrogen) atoms. The Morgan fingerprint density at radius 2 is 2.35 bits per heavy atom. The quantitative estimate of drug-likeness (QED) is 0.835. The Bertz CT molecular complexity index is 600. The minimum Gasteiger partial charge on any atom is -0.383 e. The number of aliphatic hydroxyl groups is 1. The van der Waals surface area contributed by atoms with E-state index < -0.39 is 5.60 Å². The number of carbonyl (C=O) groups excluding carboxylic acids is 1. The van der Waals surface area contributed by atoms with E-state index in [0.29, 0.717) is 0 Å². The maximum Gasteiger partial charge on any atom is 0.244 e. The average Bonchev–Trinajstić information content (AvgIpc) is 3.05. The number of nitrogens with zero attached hydrogens (tertiary/aromatic N) is 1. The Hall–Kier alpha value is -1.50. The molecule has 2 aromatic heterocycles. The van der Waals surface area contributed by atoms with E-state index in [1.54, 1.807) is 13.0 Å². The van der Waals surface area contributed by atoms with E-state index >= 15 is 0 Å². The molecule has 0 aromatic carbocycles. The number of aromatic nitrogens is 1. The predicted octanol–water partition coefficient (Wildman–Crippen LogP) is 2.55. The Morgan fingerprint density at radius 1 is 1.55 bits per heavy atom. The van der Waals surface area contributed by atoms with Crippen molar-refractivity contribution in [2.24, 2.45) is 0 Å². The number of rotatable bonds is 5. The molecule has 0 aliphatic carbocycles. The third-order valence-corrected chi connectivity index (χ3v) is 4.62. The highest BCUT2D eigenvalue weighted by molar-refractivity contribution is 7.10. The van der Waals surface area contributed by atoms with Crippen molar-refractivity contribution in [1.29, 1.82) is 0 Å². The van der Waals surface area contributed by atoms with E-state index in [1.165, 1.54) is 28.7 Å². The van der Waals surface area contributed by atoms with Gasteiger partial charge in [0, 0.05) is 16.3 Å². The van der Waals surface area contributed by atoms with Gasteiger partial charge in [0.2, 0.25) is 5.91 Å². The lowest BCUT2D eigenvalue weighted by Crippen LogP contribution is -2.37. The van der Waals surface area contributed by atoms with Crippen molar-refractivity contribution in [2.75, 3.05) is 6.54 Å². The number of amides is 1. The van der Waals surface area contributed by atoms with Gasteiger partial charge in [0.25, 0.3) is 0 Å². The summed E-state index contributed by atoms with van der Waals surface area (Å²) in [6, 6.07) is 3.73. The van der Waals surface area contributed by atoms with E-state index in [-0.39, 0.29) is 12.5 Å². The second-order valence-corrected chi connectivity index (χ2v) is 6.60. The van der Waals surface area contributed by atoms with Gasteiger partial charge in [-0.2, -0.15) is 0 Å². The molecule has 0 saturated carbocycles. The summed E-state index contributed by atoms with van der Waals surface area (Å²) in [4.78, 5) is 16.8. The lowest BCUT2D eigenvalue weighted by molar-refractivity contribution is -0.117. The summed E-state index contributed by atoms with van der Waals surface area (Å²) in [6.07, 6.45) is 3.09. The molecule has 6 heteroatoms. The van der Waals surface area contributed by atoms with E-state index in [2.05, 4.69) is 10.3 Å². The molecule has 0 saturated heterocycles. The van der Waals surface area contributed by atoms with E-state index in [9.17, 15) is 9.90 Å². The first-order valence-electron chi connectivity index (χ1n) is 6.12. The van der Waals surface area contributed by atoms with Gasteiger partial charge in [0.15, 0.2) is 0 Å². The van der Waals surface area contributed by atoms with Crippen LogP contribution in [0.5, 0.6) is 0 Å². The van der Waals surface area contributed by atoms with Crippen LogP contribution in [-0.2, 0) is 10.4 Å². The fraction of sp³-hybridized carbons (Fsp3) is 0.286. The minimum absolute atomic E-state index is 0.173. The van der Waals surface area contributed by atoms with Crippen LogP contribution in [0.2, 0.25) is 0 Å². The van der Waals surface area contributed by atoms with Crippen molar-refractivity contribution in [3.8, 4) is 0 Å². The summed E-state index contributed by atoms with van der Waals surface area (Å²) in [6.45, 7) is 3.78. The number of hydrogen-bond acceptors (Lipinski definition) is 5. The van der Waals surface area contributed by atoms with E-state index in [1.807, 2.05) is 29.8 Å². The summed E-state index contributed by atoms with van der Waals surface area (Å²) in [5.74, 6) is -0.243. The Balaban J connectivity index is 1.88. The molecule has 2 heterocycles. The molecule has 0 aliphatic rings. The fourth-order valence-electron chi connectivity index (χ4n) is 1.61. The van der Waals surface area contributed by atoms with Crippen LogP contribution in [0.3, 0.4) is 0 Å². The van der Waals surface area contributed by atoms with Gasteiger partial charge >= 0.3 is 0 Å². The molecule has 0 aliphatic heterocycles. The number of carbonyl (C=O) groups is 1. The molecule has 2 N–H and O–H groups in total. The maximum atomic E-state index is 11.7. The normalized spacial score (nSPS) is 14.3. The molecule has 0 spiro atoms. The first-order chi connectivity index (χ1) is 9.47. The third kappa shape index (κ3) is 4.00. The van der Waals surface area contributed by atoms with Crippen molar-refractivity contribution in [2.45, 2.75) is 19.4 Å². The zero-order chi connectivity index (χ0) is 14.6. The van der Waals surface area contributed by atoms with Crippen molar-refractivity contribution in [1.82, 2.24) is 10.3 Å². The molecule has 2 aromatic rings. The standard InChI is InChI=1S/C14H16N2O2S2/c1-10-16-11(8-20-10)5-6-13(17)15-9-14(2,18)12-4-3-7-19-12/h3-8,18H,9H2,1-2H3,(H,15,17)/b6-5+/t14-/m1/s1. The largest absolute Gasteiger partial charge is 0.383 e. The molecule has 2 rings (SSSR count). The molecule has 0 bridgehead atoms. The number of aryl methyl sites for hydroxylation is 1. The van der Waals surface area contributed by atoms with Crippen molar-refractivity contribution < 1.29 is 9.90 Å². The lowest BCUT2D eigenvalue weighted by Gasteiger charge is -2.21. The summed E-state index contributed by atoms with van der Waals surface area (Å²) in [7, 11) is 0. The van der Waals surface area contributed by atoms with Gasteiger partial charge in [0.05, 0.1) is 17.2 Å². The van der Waals surface area contributed by atoms with Gasteiger partial charge in [0.1, 0.15) is 5.60 Å². The highest BCUT2D eigenvalue weighted by Crippen LogP contribution is 2.24. The van der Waals surface area contributed by atoms with Gasteiger partial charge < -0.3 is 10.4 Å². The van der Waals surface area contributed by atoms with Crippen LogP contribution in [-0.4, -0.2) is 22.5 Å². The highest BCUT2D eigenvalue weighted by Gasteiger charge is 2.24. The van der Waals surface area contributed by atoms with Crippen molar-refractivity contribution >= 4 is 34.7 Å². The van der Waals surface area contributed by atoms with Crippen molar-refractivity contribution in [3.63, 3.8) is 0 Å². The predicted molar refractivity (Wildman–Crippen MR) is 82.8 cm³/mol. The molecule has 106 valence electrons. The SMILES string of the molecule is Cc1nc(/C=C/C(=O)NC[C@@](C)(O)c2cccs2)cs1. The summed E-state index contributed by atoms with van der Waals surface area (Å²) >= 11 is 3.01. The molecule has 0 unspecified atom stereocenters. The second kappa shape index (κ2) is 6.30. The van der Waals surface area contributed by atoms with Gasteiger partial charge in [-0.25, -0.2) is 4.98 Å². The number of hydrogen-bond donors (Lipinski definition) is 2. The zero-order valence-corrected chi connectivity index (χ0v) is 12.9. The Kier molecular flexibility index (Phi) is 4.69. The molecule has 0 fully saturated rings. The van der Waals surface area contributed by atoms with Crippen LogP contribution < -0.4 is 5.32 Å².